The zero-order chi connectivity index (χ0) is 13.6. The fraction of sp³-hybridized carbons (Fsp3) is 0.333. The van der Waals surface area contributed by atoms with Gasteiger partial charge in [-0.15, -0.1) is 5.10 Å². The third-order valence-corrected chi connectivity index (χ3v) is 3.33. The first kappa shape index (κ1) is 12.0. The average molecular weight is 268 g/mol. The first-order valence-corrected chi connectivity index (χ1v) is 5.91. The van der Waals surface area contributed by atoms with Gasteiger partial charge in [-0.1, -0.05) is 6.07 Å². The normalized spacial score (nSPS) is 18.4. The lowest BCUT2D eigenvalue weighted by atomic mass is 9.90. The highest BCUT2D eigenvalue weighted by Crippen LogP contribution is 2.34. The molecular weight excluding hydrogens is 257 g/mol. The summed E-state index contributed by atoms with van der Waals surface area (Å²) in [4.78, 5) is 4.05. The molecule has 1 atom stereocenters. The molecule has 3 rings (SSSR count). The van der Waals surface area contributed by atoms with Crippen LogP contribution in [0, 0.1) is 17.5 Å². The van der Waals surface area contributed by atoms with E-state index in [1.54, 1.807) is 4.68 Å². The van der Waals surface area contributed by atoms with Crippen molar-refractivity contribution in [2.75, 3.05) is 5.73 Å². The van der Waals surface area contributed by atoms with Crippen molar-refractivity contribution in [1.82, 2.24) is 14.8 Å². The molecule has 0 amide bonds. The van der Waals surface area contributed by atoms with Crippen LogP contribution in [0.5, 0.6) is 0 Å². The lowest BCUT2D eigenvalue weighted by Gasteiger charge is -2.22. The fourth-order valence-electron chi connectivity index (χ4n) is 2.47. The molecule has 7 heteroatoms. The highest BCUT2D eigenvalue weighted by Gasteiger charge is 2.29. The predicted octanol–water partition coefficient (Wildman–Crippen LogP) is 2.20. The first-order valence-electron chi connectivity index (χ1n) is 5.91. The van der Waals surface area contributed by atoms with Crippen LogP contribution >= 0.6 is 0 Å². The Labute approximate surface area is 107 Å². The Bertz CT molecular complexity index is 638. The Morgan fingerprint density at radius 1 is 1.21 bits per heavy atom. The number of rotatable bonds is 1. The van der Waals surface area contributed by atoms with Gasteiger partial charge in [-0.2, -0.15) is 4.98 Å². The van der Waals surface area contributed by atoms with Gasteiger partial charge in [-0.3, -0.25) is 0 Å². The van der Waals surface area contributed by atoms with Crippen molar-refractivity contribution in [3.05, 3.63) is 41.0 Å². The summed E-state index contributed by atoms with van der Waals surface area (Å²) in [6, 6.07) is 2.17. The number of anilines is 1. The van der Waals surface area contributed by atoms with Gasteiger partial charge >= 0.3 is 0 Å². The first-order chi connectivity index (χ1) is 9.08. The minimum absolute atomic E-state index is 0.0900. The van der Waals surface area contributed by atoms with E-state index in [0.717, 1.165) is 12.5 Å². The Hall–Kier alpha value is -2.05. The zero-order valence-corrected chi connectivity index (χ0v) is 9.91. The van der Waals surface area contributed by atoms with E-state index in [4.69, 9.17) is 5.73 Å². The zero-order valence-electron chi connectivity index (χ0n) is 9.91. The second kappa shape index (κ2) is 4.25. The van der Waals surface area contributed by atoms with Crippen molar-refractivity contribution in [2.24, 2.45) is 0 Å². The van der Waals surface area contributed by atoms with Crippen molar-refractivity contribution in [2.45, 2.75) is 25.3 Å². The molecule has 2 aromatic rings. The van der Waals surface area contributed by atoms with E-state index >= 15 is 0 Å². The molecule has 0 bridgehead atoms. The minimum atomic E-state index is -1.46. The molecular formula is C12H11F3N4. The maximum atomic E-state index is 13.8. The predicted molar refractivity (Wildman–Crippen MR) is 61.8 cm³/mol. The van der Waals surface area contributed by atoms with Gasteiger partial charge in [0.05, 0.1) is 0 Å². The van der Waals surface area contributed by atoms with Crippen LogP contribution < -0.4 is 5.73 Å². The van der Waals surface area contributed by atoms with Gasteiger partial charge in [0.25, 0.3) is 0 Å². The number of hydrogen-bond acceptors (Lipinski definition) is 3. The summed E-state index contributed by atoms with van der Waals surface area (Å²) < 4.78 is 41.7. The molecule has 1 unspecified atom stereocenters. The highest BCUT2D eigenvalue weighted by atomic mass is 19.2. The molecule has 19 heavy (non-hydrogen) atoms. The summed E-state index contributed by atoms with van der Waals surface area (Å²) in [5, 5.41) is 3.99. The maximum Gasteiger partial charge on any atom is 0.239 e. The number of benzene rings is 1. The van der Waals surface area contributed by atoms with Crippen LogP contribution in [-0.4, -0.2) is 14.8 Å². The standard InChI is InChI=1S/C12H11F3N4/c13-8-4-3-6(9(14)10(8)15)7-2-1-5-19-11(7)17-12(16)18-19/h3-4,7H,1-2,5H2,(H2,16,18). The smallest absolute Gasteiger partial charge is 0.239 e. The van der Waals surface area contributed by atoms with Crippen LogP contribution in [0.3, 0.4) is 0 Å². The number of nitrogens with zero attached hydrogens (tertiary/aromatic N) is 3. The number of nitrogen functional groups attached to an aromatic ring is 1. The quantitative estimate of drug-likeness (QED) is 0.807. The maximum absolute atomic E-state index is 13.8. The van der Waals surface area contributed by atoms with Crippen molar-refractivity contribution in [1.29, 1.82) is 0 Å². The van der Waals surface area contributed by atoms with Gasteiger partial charge in [0, 0.05) is 18.0 Å². The number of fused-ring (bicyclic) bond motifs is 1. The Balaban J connectivity index is 2.11. The summed E-state index contributed by atoms with van der Waals surface area (Å²) in [5.74, 6) is -3.67. The third-order valence-electron chi connectivity index (χ3n) is 3.33. The molecule has 2 N–H and O–H groups in total. The minimum Gasteiger partial charge on any atom is -0.366 e. The molecule has 0 spiro atoms. The monoisotopic (exact) mass is 268 g/mol. The molecule has 1 aromatic carbocycles. The molecule has 1 aliphatic rings. The number of halogens is 3. The van der Waals surface area contributed by atoms with Gasteiger partial charge < -0.3 is 5.73 Å². The van der Waals surface area contributed by atoms with Crippen LogP contribution in [0.15, 0.2) is 12.1 Å². The molecule has 100 valence electrons. The molecule has 0 saturated carbocycles. The van der Waals surface area contributed by atoms with E-state index in [-0.39, 0.29) is 11.5 Å². The molecule has 1 aromatic heterocycles. The summed E-state index contributed by atoms with van der Waals surface area (Å²) >= 11 is 0. The van der Waals surface area contributed by atoms with Crippen LogP contribution in [-0.2, 0) is 6.54 Å². The van der Waals surface area contributed by atoms with Crippen LogP contribution in [0.2, 0.25) is 0 Å². The largest absolute Gasteiger partial charge is 0.366 e. The molecule has 4 nitrogen and oxygen atoms in total. The van der Waals surface area contributed by atoms with Gasteiger partial charge in [0.15, 0.2) is 17.5 Å². The third kappa shape index (κ3) is 1.85. The van der Waals surface area contributed by atoms with Gasteiger partial charge in [-0.25, -0.2) is 17.9 Å². The number of aryl methyl sites for hydroxylation is 1. The van der Waals surface area contributed by atoms with Crippen molar-refractivity contribution < 1.29 is 13.2 Å². The lowest BCUT2D eigenvalue weighted by molar-refractivity contribution is 0.411. The number of hydrogen-bond donors (Lipinski definition) is 1. The fourth-order valence-corrected chi connectivity index (χ4v) is 2.47. The van der Waals surface area contributed by atoms with E-state index in [9.17, 15) is 13.2 Å². The Morgan fingerprint density at radius 2 is 2.00 bits per heavy atom. The molecule has 2 heterocycles. The number of aromatic nitrogens is 3. The Kier molecular flexibility index (Phi) is 2.69. The second-order valence-electron chi connectivity index (χ2n) is 4.51. The molecule has 0 radical (unpaired) electrons. The van der Waals surface area contributed by atoms with E-state index in [2.05, 4.69) is 10.1 Å². The topological polar surface area (TPSA) is 56.7 Å². The molecule has 1 aliphatic heterocycles. The van der Waals surface area contributed by atoms with Gasteiger partial charge in [-0.05, 0) is 18.9 Å². The van der Waals surface area contributed by atoms with Crippen molar-refractivity contribution >= 4 is 5.95 Å². The summed E-state index contributed by atoms with van der Waals surface area (Å²) in [6.07, 6.45) is 1.35. The van der Waals surface area contributed by atoms with Crippen LogP contribution in [0.1, 0.15) is 30.1 Å². The van der Waals surface area contributed by atoms with E-state index in [1.165, 1.54) is 6.07 Å². The van der Waals surface area contributed by atoms with Gasteiger partial charge in [0.1, 0.15) is 5.82 Å². The van der Waals surface area contributed by atoms with Crippen molar-refractivity contribution in [3.8, 4) is 0 Å². The number of nitrogens with two attached hydrogens (primary N) is 1. The lowest BCUT2D eigenvalue weighted by Crippen LogP contribution is -2.19. The molecule has 0 aliphatic carbocycles. The average Bonchev–Trinajstić information content (AvgIpc) is 2.76. The summed E-state index contributed by atoms with van der Waals surface area (Å²) in [5.41, 5.74) is 5.61. The van der Waals surface area contributed by atoms with E-state index in [1.807, 2.05) is 0 Å². The van der Waals surface area contributed by atoms with Gasteiger partial charge in [0.2, 0.25) is 5.95 Å². The second-order valence-corrected chi connectivity index (χ2v) is 4.51. The summed E-state index contributed by atoms with van der Waals surface area (Å²) in [7, 11) is 0. The SMILES string of the molecule is Nc1nc2n(n1)CCCC2c1ccc(F)c(F)c1F. The molecule has 0 saturated heterocycles. The van der Waals surface area contributed by atoms with E-state index in [0.29, 0.717) is 18.8 Å². The van der Waals surface area contributed by atoms with Crippen LogP contribution in [0.25, 0.3) is 0 Å². The Morgan fingerprint density at radius 3 is 2.79 bits per heavy atom. The van der Waals surface area contributed by atoms with Crippen LogP contribution in [0.4, 0.5) is 19.1 Å². The van der Waals surface area contributed by atoms with Crippen molar-refractivity contribution in [3.63, 3.8) is 0 Å². The highest BCUT2D eigenvalue weighted by molar-refractivity contribution is 5.31. The summed E-state index contributed by atoms with van der Waals surface area (Å²) in [6.45, 7) is 0.640. The molecule has 0 fully saturated rings. The van der Waals surface area contributed by atoms with E-state index < -0.39 is 23.4 Å².